The third-order valence-electron chi connectivity index (χ3n) is 2.19. The van der Waals surface area contributed by atoms with E-state index >= 15 is 0 Å². The van der Waals surface area contributed by atoms with Crippen molar-refractivity contribution in [1.82, 2.24) is 0 Å². The van der Waals surface area contributed by atoms with Crippen molar-refractivity contribution >= 4 is 33.2 Å². The first kappa shape index (κ1) is 12.3. The molecule has 0 bridgehead atoms. The Morgan fingerprint density at radius 3 is 2.29 bits per heavy atom. The van der Waals surface area contributed by atoms with Crippen LogP contribution in [-0.2, 0) is 0 Å². The van der Waals surface area contributed by atoms with Gasteiger partial charge in [0.1, 0.15) is 0 Å². The van der Waals surface area contributed by atoms with Gasteiger partial charge in [0.15, 0.2) is 5.50 Å². The summed E-state index contributed by atoms with van der Waals surface area (Å²) < 4.78 is 0.937. The van der Waals surface area contributed by atoms with Gasteiger partial charge in [0.2, 0.25) is 0 Å². The average molecular weight is 310 g/mol. The number of hydrogen-bond acceptors (Lipinski definition) is 2. The van der Waals surface area contributed by atoms with Crippen molar-refractivity contribution in [2.45, 2.75) is 5.50 Å². The quantitative estimate of drug-likeness (QED) is 0.408. The van der Waals surface area contributed by atoms with E-state index < -0.39 is 5.50 Å². The monoisotopic (exact) mass is 308 g/mol. The molecule has 86 valence electrons. The van der Waals surface area contributed by atoms with Crippen molar-refractivity contribution in [3.8, 4) is 0 Å². The average Bonchev–Trinajstić information content (AvgIpc) is 2.38. The Morgan fingerprint density at radius 1 is 0.941 bits per heavy atom. The van der Waals surface area contributed by atoms with Crippen LogP contribution in [0.2, 0.25) is 0 Å². The third kappa shape index (κ3) is 3.38. The molecule has 0 heterocycles. The first-order valence-corrected chi connectivity index (χ1v) is 6.35. The van der Waals surface area contributed by atoms with Gasteiger partial charge in [-0.15, -0.1) is 0 Å². The van der Waals surface area contributed by atoms with Gasteiger partial charge in [-0.25, -0.2) is 0 Å². The zero-order valence-electron chi connectivity index (χ0n) is 8.92. The lowest BCUT2D eigenvalue weighted by Gasteiger charge is -2.05. The van der Waals surface area contributed by atoms with E-state index in [1.165, 1.54) is 0 Å². The number of rotatable bonds is 3. The van der Waals surface area contributed by atoms with E-state index in [-0.39, 0.29) is 0 Å². The molecule has 2 nitrogen and oxygen atoms in total. The minimum atomic E-state index is -0.481. The van der Waals surface area contributed by atoms with Crippen LogP contribution >= 0.6 is 27.5 Å². The predicted molar refractivity (Wildman–Crippen MR) is 73.7 cm³/mol. The molecule has 0 spiro atoms. The summed E-state index contributed by atoms with van der Waals surface area (Å²) in [5.41, 5.74) is 1.23. The fraction of sp³-hybridized carbons (Fsp3) is 0.0769. The molecule has 0 aliphatic carbocycles. The topological polar surface area (TPSA) is 24.7 Å². The van der Waals surface area contributed by atoms with Gasteiger partial charge in [-0.05, 0) is 18.2 Å². The lowest BCUT2D eigenvalue weighted by molar-refractivity contribution is 0.916. The van der Waals surface area contributed by atoms with E-state index in [1.54, 1.807) is 0 Å². The number of halogens is 2. The molecule has 0 aromatic heterocycles. The smallest absolute Gasteiger partial charge is 0.164 e. The largest absolute Gasteiger partial charge is 0.171 e. The Labute approximate surface area is 113 Å². The maximum atomic E-state index is 6.17. The van der Waals surface area contributed by atoms with Crippen LogP contribution in [0.15, 0.2) is 69.3 Å². The van der Waals surface area contributed by atoms with Crippen molar-refractivity contribution < 1.29 is 0 Å². The predicted octanol–water partition coefficient (Wildman–Crippen LogP) is 5.47. The molecule has 0 N–H and O–H groups in total. The molecule has 4 heteroatoms. The number of benzene rings is 2. The lowest BCUT2D eigenvalue weighted by Crippen LogP contribution is -1.86. The molecule has 0 amide bonds. The number of nitrogens with zero attached hydrogens (tertiary/aromatic N) is 2. The molecule has 2 rings (SSSR count). The van der Waals surface area contributed by atoms with E-state index in [0.717, 1.165) is 15.7 Å². The highest BCUT2D eigenvalue weighted by molar-refractivity contribution is 9.10. The first-order valence-electron chi connectivity index (χ1n) is 5.12. The van der Waals surface area contributed by atoms with Gasteiger partial charge in [-0.1, -0.05) is 63.9 Å². The molecule has 0 saturated heterocycles. The van der Waals surface area contributed by atoms with Gasteiger partial charge in [-0.2, -0.15) is 10.2 Å². The second-order valence-electron chi connectivity index (χ2n) is 3.41. The SMILES string of the molecule is ClC(N=Nc1ccccc1)c1ccccc1Br. The Bertz CT molecular complexity index is 514. The fourth-order valence-corrected chi connectivity index (χ4v) is 2.21. The summed E-state index contributed by atoms with van der Waals surface area (Å²) in [6.45, 7) is 0. The standard InChI is InChI=1S/C13H10BrClN2/c14-12-9-5-4-8-11(12)13(15)17-16-10-6-2-1-3-7-10/h1-9,13H. The summed E-state index contributed by atoms with van der Waals surface area (Å²) >= 11 is 9.61. The third-order valence-corrected chi connectivity index (χ3v) is 3.24. The van der Waals surface area contributed by atoms with Gasteiger partial charge in [0, 0.05) is 10.0 Å². The summed E-state index contributed by atoms with van der Waals surface area (Å²) in [7, 11) is 0. The van der Waals surface area contributed by atoms with E-state index in [4.69, 9.17) is 11.6 Å². The van der Waals surface area contributed by atoms with Crippen molar-refractivity contribution in [3.05, 3.63) is 64.6 Å². The summed E-state index contributed by atoms with van der Waals surface area (Å²) in [5, 5.41) is 8.18. The minimum absolute atomic E-state index is 0.481. The highest BCUT2D eigenvalue weighted by Gasteiger charge is 2.08. The minimum Gasteiger partial charge on any atom is -0.164 e. The molecule has 1 unspecified atom stereocenters. The van der Waals surface area contributed by atoms with E-state index in [2.05, 4.69) is 26.2 Å². The highest BCUT2D eigenvalue weighted by Crippen LogP contribution is 2.30. The van der Waals surface area contributed by atoms with Crippen molar-refractivity contribution in [1.29, 1.82) is 0 Å². The molecule has 0 fully saturated rings. The van der Waals surface area contributed by atoms with Crippen molar-refractivity contribution in [2.75, 3.05) is 0 Å². The number of azo groups is 1. The van der Waals surface area contributed by atoms with Crippen molar-refractivity contribution in [3.63, 3.8) is 0 Å². The maximum absolute atomic E-state index is 6.17. The van der Waals surface area contributed by atoms with Gasteiger partial charge in [0.05, 0.1) is 5.69 Å². The van der Waals surface area contributed by atoms with Gasteiger partial charge in [0.25, 0.3) is 0 Å². The Kier molecular flexibility index (Phi) is 4.29. The van der Waals surface area contributed by atoms with Gasteiger partial charge in [-0.3, -0.25) is 0 Å². The summed E-state index contributed by atoms with van der Waals surface area (Å²) in [6, 6.07) is 17.2. The molecule has 0 radical (unpaired) electrons. The number of alkyl halides is 1. The van der Waals surface area contributed by atoms with Crippen LogP contribution in [0.1, 0.15) is 11.1 Å². The Balaban J connectivity index is 2.15. The molecule has 0 saturated carbocycles. The van der Waals surface area contributed by atoms with Gasteiger partial charge < -0.3 is 0 Å². The summed E-state index contributed by atoms with van der Waals surface area (Å²) in [5.74, 6) is 0. The van der Waals surface area contributed by atoms with E-state index in [0.29, 0.717) is 0 Å². The summed E-state index contributed by atoms with van der Waals surface area (Å²) in [4.78, 5) is 0. The molecule has 0 aliphatic rings. The van der Waals surface area contributed by atoms with Crippen molar-refractivity contribution in [2.24, 2.45) is 10.2 Å². The maximum Gasteiger partial charge on any atom is 0.171 e. The highest BCUT2D eigenvalue weighted by atomic mass is 79.9. The van der Waals surface area contributed by atoms with Crippen LogP contribution in [0.4, 0.5) is 5.69 Å². The van der Waals surface area contributed by atoms with Crippen LogP contribution in [0.5, 0.6) is 0 Å². The van der Waals surface area contributed by atoms with Crippen LogP contribution in [0.25, 0.3) is 0 Å². The van der Waals surface area contributed by atoms with Crippen LogP contribution < -0.4 is 0 Å². The summed E-state index contributed by atoms with van der Waals surface area (Å²) in [6.07, 6.45) is 0. The van der Waals surface area contributed by atoms with Gasteiger partial charge >= 0.3 is 0 Å². The Morgan fingerprint density at radius 2 is 1.59 bits per heavy atom. The van der Waals surface area contributed by atoms with E-state index in [9.17, 15) is 0 Å². The second-order valence-corrected chi connectivity index (χ2v) is 4.68. The van der Waals surface area contributed by atoms with Crippen LogP contribution in [0.3, 0.4) is 0 Å². The second kappa shape index (κ2) is 5.94. The molecular formula is C13H10BrClN2. The normalized spacial score (nSPS) is 12.8. The molecule has 17 heavy (non-hydrogen) atoms. The molecule has 2 aromatic rings. The molecule has 2 aromatic carbocycles. The molecule has 1 atom stereocenters. The first-order chi connectivity index (χ1) is 8.27. The zero-order chi connectivity index (χ0) is 12.1. The Hall–Kier alpha value is -1.19. The fourth-order valence-electron chi connectivity index (χ4n) is 1.34. The molecular weight excluding hydrogens is 300 g/mol. The van der Waals surface area contributed by atoms with Crippen LogP contribution in [-0.4, -0.2) is 0 Å². The number of hydrogen-bond donors (Lipinski definition) is 0. The zero-order valence-corrected chi connectivity index (χ0v) is 11.3. The van der Waals surface area contributed by atoms with E-state index in [1.807, 2.05) is 54.6 Å². The molecule has 0 aliphatic heterocycles. The van der Waals surface area contributed by atoms with Crippen LogP contribution in [0, 0.1) is 0 Å². The lowest BCUT2D eigenvalue weighted by atomic mass is 10.2.